The predicted molar refractivity (Wildman–Crippen MR) is 298 cm³/mol. The van der Waals surface area contributed by atoms with Crippen molar-refractivity contribution in [1.82, 2.24) is 19.9 Å². The summed E-state index contributed by atoms with van der Waals surface area (Å²) in [4.78, 5) is 26.2. The highest BCUT2D eigenvalue weighted by molar-refractivity contribution is 6.23. The van der Waals surface area contributed by atoms with Crippen molar-refractivity contribution in [3.8, 4) is 22.5 Å². The van der Waals surface area contributed by atoms with Gasteiger partial charge in [0.05, 0.1) is 33.5 Å². The van der Waals surface area contributed by atoms with Crippen molar-refractivity contribution >= 4 is 93.6 Å². The van der Waals surface area contributed by atoms with Crippen LogP contribution in [0.4, 0.5) is 28.4 Å². The zero-order valence-corrected chi connectivity index (χ0v) is 39.6. The molecule has 8 aromatic carbocycles. The number of allylic oxidation sites excluding steroid dienone is 4. The highest BCUT2D eigenvalue weighted by Crippen LogP contribution is 2.50. The van der Waals surface area contributed by atoms with Crippen molar-refractivity contribution < 1.29 is 0 Å². The lowest BCUT2D eigenvalue weighted by Crippen LogP contribution is -2.19. The standard InChI is InChI=1S/C66H46N6/c1-5-17-57-41(11-1)21-22-42-12-2-6-18-58(42)71(57)49-31-33-51-53(39-49)61(55-35-29-47-27-25-45-15-9-37-67-63(45)65(47)69-55)52-34-32-50(72-59-19-7-3-13-43(59)23-24-44-14-4-8-20-60(44)72)40-54(52)62(51)56-36-30-48-28-26-46-16-10-38-68-64(46)66(48)70-56/h1-7,9-19,25-40H,8,20-24H2. The molecule has 4 aromatic heterocycles. The SMILES string of the molecule is C1=CC2=C(CC1)N(c1ccc3c(-c4ccc5ccc6cccnc6c5n4)c4cc(N5c6ccccc6CCc6ccccc65)ccc4c(-c4ccc5ccc6cccnc6c5n4)c3c1)c1ccccc1CC2. The lowest BCUT2D eigenvalue weighted by Gasteiger charge is -2.31. The second-order valence-electron chi connectivity index (χ2n) is 19.5. The third-order valence-electron chi connectivity index (χ3n) is 15.5. The van der Waals surface area contributed by atoms with Gasteiger partial charge in [-0.1, -0.05) is 127 Å². The molecule has 0 fully saturated rings. The summed E-state index contributed by atoms with van der Waals surface area (Å²) in [6.45, 7) is 0. The average molecular weight is 923 g/mol. The number of nitrogens with zero attached hydrogens (tertiary/aromatic N) is 6. The predicted octanol–water partition coefficient (Wildman–Crippen LogP) is 16.8. The molecule has 0 N–H and O–H groups in total. The topological polar surface area (TPSA) is 58.0 Å². The van der Waals surface area contributed by atoms with Crippen molar-refractivity contribution in [1.29, 1.82) is 0 Å². The number of fused-ring (bicyclic) bond motifs is 11. The number of aromatic nitrogens is 4. The Morgan fingerprint density at radius 3 is 1.36 bits per heavy atom. The summed E-state index contributed by atoms with van der Waals surface area (Å²) >= 11 is 0. The van der Waals surface area contributed by atoms with Crippen LogP contribution in [0.3, 0.4) is 0 Å². The van der Waals surface area contributed by atoms with Crippen LogP contribution >= 0.6 is 0 Å². The number of rotatable bonds is 4. The van der Waals surface area contributed by atoms with Crippen LogP contribution in [0.5, 0.6) is 0 Å². The van der Waals surface area contributed by atoms with Crippen LogP contribution in [0, 0.1) is 0 Å². The van der Waals surface area contributed by atoms with Crippen LogP contribution in [0.1, 0.15) is 36.0 Å². The van der Waals surface area contributed by atoms with E-state index in [0.717, 1.165) is 138 Å². The normalized spacial score (nSPS) is 14.4. The molecule has 0 radical (unpaired) electrons. The van der Waals surface area contributed by atoms with E-state index >= 15 is 0 Å². The fourth-order valence-corrected chi connectivity index (χ4v) is 12.2. The minimum absolute atomic E-state index is 0.890. The first-order valence-corrected chi connectivity index (χ1v) is 25.3. The van der Waals surface area contributed by atoms with Crippen molar-refractivity contribution in [2.75, 3.05) is 9.80 Å². The molecule has 0 saturated heterocycles. The van der Waals surface area contributed by atoms with Gasteiger partial charge in [-0.05, 0) is 149 Å². The maximum Gasteiger partial charge on any atom is 0.0972 e. The van der Waals surface area contributed by atoms with Crippen molar-refractivity contribution in [2.45, 2.75) is 38.5 Å². The molecule has 0 unspecified atom stereocenters. The Morgan fingerprint density at radius 2 is 0.819 bits per heavy atom. The summed E-state index contributed by atoms with van der Waals surface area (Å²) < 4.78 is 0. The van der Waals surface area contributed by atoms with E-state index in [0.29, 0.717) is 0 Å². The van der Waals surface area contributed by atoms with Crippen LogP contribution in [0.2, 0.25) is 0 Å². The largest absolute Gasteiger partial charge is 0.314 e. The Kier molecular flexibility index (Phi) is 9.24. The molecule has 0 spiro atoms. The van der Waals surface area contributed by atoms with Crippen LogP contribution < -0.4 is 9.80 Å². The zero-order valence-electron chi connectivity index (χ0n) is 39.6. The van der Waals surface area contributed by atoms with Gasteiger partial charge < -0.3 is 9.80 Å². The summed E-state index contributed by atoms with van der Waals surface area (Å²) in [5, 5.41) is 8.67. The van der Waals surface area contributed by atoms with Crippen LogP contribution in [-0.4, -0.2) is 19.9 Å². The molecule has 72 heavy (non-hydrogen) atoms. The zero-order chi connectivity index (χ0) is 47.3. The van der Waals surface area contributed by atoms with Gasteiger partial charge in [-0.25, -0.2) is 9.97 Å². The van der Waals surface area contributed by atoms with Crippen molar-refractivity contribution in [3.63, 3.8) is 0 Å². The fraction of sp³-hybridized carbons (Fsp3) is 0.0909. The number of benzene rings is 8. The van der Waals surface area contributed by atoms with Gasteiger partial charge in [0, 0.05) is 79.2 Å². The Morgan fingerprint density at radius 1 is 0.361 bits per heavy atom. The molecule has 0 amide bonds. The van der Waals surface area contributed by atoms with Gasteiger partial charge in [-0.3, -0.25) is 9.97 Å². The first-order chi connectivity index (χ1) is 35.7. The maximum atomic E-state index is 5.67. The molecule has 6 nitrogen and oxygen atoms in total. The number of pyridine rings is 4. The first kappa shape index (κ1) is 40.8. The summed E-state index contributed by atoms with van der Waals surface area (Å²) in [5.41, 5.74) is 20.2. The Labute approximate surface area is 416 Å². The average Bonchev–Trinajstić information content (AvgIpc) is 3.72. The molecule has 0 saturated carbocycles. The van der Waals surface area contributed by atoms with Crippen LogP contribution in [0.25, 0.3) is 87.7 Å². The third kappa shape index (κ3) is 6.42. The molecular weight excluding hydrogens is 877 g/mol. The highest BCUT2D eigenvalue weighted by Gasteiger charge is 2.28. The summed E-state index contributed by atoms with van der Waals surface area (Å²) in [7, 11) is 0. The van der Waals surface area contributed by atoms with Gasteiger partial charge in [0.25, 0.3) is 0 Å². The minimum Gasteiger partial charge on any atom is -0.314 e. The van der Waals surface area contributed by atoms with Gasteiger partial charge in [0.2, 0.25) is 0 Å². The molecule has 2 aliphatic heterocycles. The van der Waals surface area contributed by atoms with Gasteiger partial charge in [-0.15, -0.1) is 0 Å². The van der Waals surface area contributed by atoms with Gasteiger partial charge >= 0.3 is 0 Å². The van der Waals surface area contributed by atoms with E-state index in [2.05, 4.69) is 192 Å². The minimum atomic E-state index is 0.890. The summed E-state index contributed by atoms with van der Waals surface area (Å²) in [6, 6.07) is 66.8. The number of hydrogen-bond acceptors (Lipinski definition) is 6. The molecule has 0 atom stereocenters. The smallest absolute Gasteiger partial charge is 0.0972 e. The van der Waals surface area contributed by atoms with E-state index in [1.807, 2.05) is 24.5 Å². The Hall–Kier alpha value is -9.00. The van der Waals surface area contributed by atoms with Crippen LogP contribution in [-0.2, 0) is 19.3 Å². The lowest BCUT2D eigenvalue weighted by atomic mass is 9.87. The number of hydrogen-bond donors (Lipinski definition) is 0. The Balaban J connectivity index is 1.09. The van der Waals surface area contributed by atoms with E-state index in [9.17, 15) is 0 Å². The quantitative estimate of drug-likeness (QED) is 0.129. The molecule has 340 valence electrons. The van der Waals surface area contributed by atoms with E-state index in [-0.39, 0.29) is 0 Å². The van der Waals surface area contributed by atoms with E-state index in [1.54, 1.807) is 0 Å². The van der Waals surface area contributed by atoms with Gasteiger partial charge in [0.15, 0.2) is 0 Å². The molecule has 0 bridgehead atoms. The molecule has 15 rings (SSSR count). The van der Waals surface area contributed by atoms with E-state index in [4.69, 9.17) is 19.9 Å². The molecule has 3 aliphatic rings. The molecule has 6 heterocycles. The van der Waals surface area contributed by atoms with Gasteiger partial charge in [-0.2, -0.15) is 0 Å². The molecule has 1 aliphatic carbocycles. The van der Waals surface area contributed by atoms with Crippen molar-refractivity contribution in [2.24, 2.45) is 0 Å². The second kappa shape index (κ2) is 16.3. The third-order valence-corrected chi connectivity index (χ3v) is 15.5. The molecule has 6 heteroatoms. The second-order valence-corrected chi connectivity index (χ2v) is 19.5. The summed E-state index contributed by atoms with van der Waals surface area (Å²) in [6.07, 6.45) is 14.4. The van der Waals surface area contributed by atoms with E-state index < -0.39 is 0 Å². The number of para-hydroxylation sites is 3. The fourth-order valence-electron chi connectivity index (χ4n) is 12.2. The Bertz CT molecular complexity index is 4270. The monoisotopic (exact) mass is 922 g/mol. The number of aryl methyl sites for hydroxylation is 3. The van der Waals surface area contributed by atoms with Crippen molar-refractivity contribution in [3.05, 3.63) is 234 Å². The molecule has 12 aromatic rings. The maximum absolute atomic E-state index is 5.67. The number of anilines is 5. The van der Waals surface area contributed by atoms with Gasteiger partial charge in [0.1, 0.15) is 0 Å². The molecular formula is C66H46N6. The van der Waals surface area contributed by atoms with Crippen LogP contribution in [0.15, 0.2) is 218 Å². The lowest BCUT2D eigenvalue weighted by molar-refractivity contribution is 0.874. The summed E-state index contributed by atoms with van der Waals surface area (Å²) in [5.74, 6) is 0. The van der Waals surface area contributed by atoms with E-state index in [1.165, 1.54) is 45.0 Å². The highest BCUT2D eigenvalue weighted by atomic mass is 15.2. The first-order valence-electron chi connectivity index (χ1n) is 25.3.